The van der Waals surface area contributed by atoms with Crippen molar-refractivity contribution in [3.05, 3.63) is 25.3 Å². The Morgan fingerprint density at radius 1 is 1.03 bits per heavy atom. The minimum Gasteiger partial charge on any atom is -0.444 e. The lowest BCUT2D eigenvalue weighted by atomic mass is 9.85. The van der Waals surface area contributed by atoms with Gasteiger partial charge in [-0.15, -0.1) is 13.2 Å². The average Bonchev–Trinajstić information content (AvgIpc) is 3.44. The number of nitrogens with one attached hydrogen (secondary N) is 3. The Morgan fingerprint density at radius 3 is 2.22 bits per heavy atom. The number of rotatable bonds is 11. The van der Waals surface area contributed by atoms with Gasteiger partial charge in [-0.05, 0) is 57.3 Å². The number of Topliss-reactive ketones (excluding diaryl/α,β-unsaturated/α-hetero) is 1. The first-order valence-electron chi connectivity index (χ1n) is 12.7. The van der Waals surface area contributed by atoms with Gasteiger partial charge in [-0.25, -0.2) is 4.79 Å². The molecule has 1 saturated carbocycles. The number of piperidine rings is 1. The second kappa shape index (κ2) is 11.9. The molecule has 0 aromatic heterocycles. The number of hydrogen-bond donors (Lipinski definition) is 3. The van der Waals surface area contributed by atoms with Crippen LogP contribution in [-0.4, -0.2) is 71.3 Å². The molecule has 4 unspecified atom stereocenters. The van der Waals surface area contributed by atoms with Crippen molar-refractivity contribution in [1.29, 1.82) is 0 Å². The van der Waals surface area contributed by atoms with Gasteiger partial charge in [0.1, 0.15) is 17.7 Å². The Hall–Kier alpha value is -3.17. The number of ether oxygens (including phenoxy) is 1. The molecule has 0 aromatic carbocycles. The lowest BCUT2D eigenvalue weighted by Gasteiger charge is -2.37. The molecule has 2 rings (SSSR count). The topological polar surface area (TPSA) is 134 Å². The summed E-state index contributed by atoms with van der Waals surface area (Å²) in [7, 11) is 0. The number of carbonyl (C=O) groups is 5. The van der Waals surface area contributed by atoms with Crippen molar-refractivity contribution in [1.82, 2.24) is 20.9 Å². The number of likely N-dealkylation sites (tertiary alicyclic amines) is 1. The number of carbonyl (C=O) groups excluding carboxylic acids is 5. The van der Waals surface area contributed by atoms with Gasteiger partial charge >= 0.3 is 6.09 Å². The summed E-state index contributed by atoms with van der Waals surface area (Å²) in [6, 6.07) is -2.78. The van der Waals surface area contributed by atoms with Crippen molar-refractivity contribution in [2.45, 2.75) is 84.5 Å². The predicted molar refractivity (Wildman–Crippen MR) is 139 cm³/mol. The minimum absolute atomic E-state index is 0.0316. The van der Waals surface area contributed by atoms with E-state index in [0.29, 0.717) is 13.0 Å². The summed E-state index contributed by atoms with van der Waals surface area (Å²) in [5, 5.41) is 7.85. The Morgan fingerprint density at radius 2 is 1.68 bits per heavy atom. The third-order valence-corrected chi connectivity index (χ3v) is 6.40. The van der Waals surface area contributed by atoms with Gasteiger partial charge in [0.2, 0.25) is 17.6 Å². The van der Waals surface area contributed by atoms with Crippen LogP contribution in [0.3, 0.4) is 0 Å². The highest BCUT2D eigenvalue weighted by molar-refractivity contribution is 6.38. The Kier molecular flexibility index (Phi) is 9.68. The van der Waals surface area contributed by atoms with Crippen LogP contribution in [0.1, 0.15) is 60.8 Å². The van der Waals surface area contributed by atoms with Gasteiger partial charge in [0.25, 0.3) is 5.91 Å². The summed E-state index contributed by atoms with van der Waals surface area (Å²) in [6.07, 6.45) is 3.76. The fraction of sp³-hybridized carbons (Fsp3) is 0.667. The SMILES string of the molecule is C=CCCC(NC(=O)C1C2CC2CN1C(=O)[C@@H](NC(=O)OC(C)(C)C)C(C)(C)C)C(=O)C(=O)NCC=C. The van der Waals surface area contributed by atoms with Crippen LogP contribution < -0.4 is 16.0 Å². The maximum atomic E-state index is 13.7. The van der Waals surface area contributed by atoms with Crippen LogP contribution in [0, 0.1) is 17.3 Å². The second-order valence-electron chi connectivity index (χ2n) is 11.8. The molecule has 10 nitrogen and oxygen atoms in total. The highest BCUT2D eigenvalue weighted by atomic mass is 16.6. The number of alkyl carbamates (subject to hydrolysis) is 1. The third-order valence-electron chi connectivity index (χ3n) is 6.40. The number of allylic oxidation sites excluding steroid dienone is 1. The minimum atomic E-state index is -1.05. The van der Waals surface area contributed by atoms with E-state index in [4.69, 9.17) is 4.74 Å². The summed E-state index contributed by atoms with van der Waals surface area (Å²) in [6.45, 7) is 18.3. The molecule has 1 aliphatic carbocycles. The summed E-state index contributed by atoms with van der Waals surface area (Å²) in [4.78, 5) is 66.2. The van der Waals surface area contributed by atoms with Gasteiger partial charge in [-0.1, -0.05) is 32.9 Å². The van der Waals surface area contributed by atoms with Crippen LogP contribution in [-0.2, 0) is 23.9 Å². The van der Waals surface area contributed by atoms with Crippen LogP contribution in [0.15, 0.2) is 25.3 Å². The lowest BCUT2D eigenvalue weighted by Crippen LogP contribution is -2.60. The summed E-state index contributed by atoms with van der Waals surface area (Å²) in [5.41, 5.74) is -1.40. The van der Waals surface area contributed by atoms with E-state index in [2.05, 4.69) is 29.1 Å². The molecule has 0 spiro atoms. The van der Waals surface area contributed by atoms with E-state index in [9.17, 15) is 24.0 Å². The van der Waals surface area contributed by atoms with Gasteiger partial charge in [-0.2, -0.15) is 0 Å². The summed E-state index contributed by atoms with van der Waals surface area (Å²) >= 11 is 0. The van der Waals surface area contributed by atoms with Gasteiger partial charge in [0.15, 0.2) is 0 Å². The highest BCUT2D eigenvalue weighted by Crippen LogP contribution is 2.50. The van der Waals surface area contributed by atoms with E-state index in [1.54, 1.807) is 26.8 Å². The van der Waals surface area contributed by atoms with Gasteiger partial charge in [0, 0.05) is 13.1 Å². The zero-order valence-corrected chi connectivity index (χ0v) is 22.9. The van der Waals surface area contributed by atoms with Crippen LogP contribution in [0.25, 0.3) is 0 Å². The van der Waals surface area contributed by atoms with Crippen molar-refractivity contribution >= 4 is 29.6 Å². The standard InChI is InChI=1S/C27H42N4O6/c1-9-11-12-18(20(32)23(34)28-13-10-2)29-22(33)19-17-14-16(17)15-31(19)24(35)21(26(3,4)5)30-25(36)37-27(6,7)8/h9-10,16-19,21H,1-2,11-15H2,3-8H3,(H,28,34)(H,29,33)(H,30,36)/t16?,17?,18?,19?,21-/m1/s1. The van der Waals surface area contributed by atoms with Crippen molar-refractivity contribution in [3.8, 4) is 0 Å². The van der Waals surface area contributed by atoms with Gasteiger partial charge < -0.3 is 25.6 Å². The van der Waals surface area contributed by atoms with E-state index in [1.807, 2.05) is 20.8 Å². The number of hydrogen-bond acceptors (Lipinski definition) is 6. The van der Waals surface area contributed by atoms with Crippen LogP contribution in [0.2, 0.25) is 0 Å². The highest BCUT2D eigenvalue weighted by Gasteiger charge is 2.58. The number of fused-ring (bicyclic) bond motifs is 1. The van der Waals surface area contributed by atoms with Crippen molar-refractivity contribution < 1.29 is 28.7 Å². The van der Waals surface area contributed by atoms with E-state index in [-0.39, 0.29) is 30.7 Å². The first-order chi connectivity index (χ1) is 17.1. The Labute approximate surface area is 219 Å². The van der Waals surface area contributed by atoms with E-state index >= 15 is 0 Å². The molecule has 1 aliphatic heterocycles. The molecule has 2 aliphatic rings. The maximum Gasteiger partial charge on any atom is 0.408 e. The van der Waals surface area contributed by atoms with Crippen molar-refractivity contribution in [3.63, 3.8) is 0 Å². The first kappa shape index (κ1) is 30.1. The van der Waals surface area contributed by atoms with E-state index in [0.717, 1.165) is 6.42 Å². The Balaban J connectivity index is 2.22. The molecular weight excluding hydrogens is 476 g/mol. The van der Waals surface area contributed by atoms with Crippen LogP contribution in [0.5, 0.6) is 0 Å². The normalized spacial score (nSPS) is 22.1. The molecule has 2 fully saturated rings. The fourth-order valence-corrected chi connectivity index (χ4v) is 4.49. The quantitative estimate of drug-likeness (QED) is 0.283. The molecule has 3 N–H and O–H groups in total. The molecule has 206 valence electrons. The monoisotopic (exact) mass is 518 g/mol. The summed E-state index contributed by atoms with van der Waals surface area (Å²) < 4.78 is 5.36. The third kappa shape index (κ3) is 8.16. The van der Waals surface area contributed by atoms with Crippen LogP contribution in [0.4, 0.5) is 4.79 Å². The van der Waals surface area contributed by atoms with E-state index < -0.39 is 52.8 Å². The smallest absolute Gasteiger partial charge is 0.408 e. The number of nitrogens with zero attached hydrogens (tertiary/aromatic N) is 1. The molecule has 1 saturated heterocycles. The average molecular weight is 519 g/mol. The fourth-order valence-electron chi connectivity index (χ4n) is 4.49. The zero-order chi connectivity index (χ0) is 28.1. The summed E-state index contributed by atoms with van der Waals surface area (Å²) in [5.74, 6) is -2.30. The Bertz CT molecular complexity index is 932. The number of amides is 4. The molecule has 4 amide bonds. The maximum absolute atomic E-state index is 13.7. The first-order valence-corrected chi connectivity index (χ1v) is 12.7. The molecular formula is C27H42N4O6. The molecule has 1 heterocycles. The molecule has 0 aromatic rings. The van der Waals surface area contributed by atoms with E-state index in [1.165, 1.54) is 11.0 Å². The molecule has 10 heteroatoms. The van der Waals surface area contributed by atoms with Crippen molar-refractivity contribution in [2.75, 3.05) is 13.1 Å². The van der Waals surface area contributed by atoms with Crippen molar-refractivity contribution in [2.24, 2.45) is 17.3 Å². The molecule has 0 radical (unpaired) electrons. The molecule has 37 heavy (non-hydrogen) atoms. The molecule has 0 bridgehead atoms. The zero-order valence-electron chi connectivity index (χ0n) is 22.9. The number of ketones is 1. The van der Waals surface area contributed by atoms with Gasteiger partial charge in [0.05, 0.1) is 6.04 Å². The van der Waals surface area contributed by atoms with Gasteiger partial charge in [-0.3, -0.25) is 19.2 Å². The lowest BCUT2D eigenvalue weighted by molar-refractivity contribution is -0.144. The largest absolute Gasteiger partial charge is 0.444 e. The predicted octanol–water partition coefficient (Wildman–Crippen LogP) is 2.10. The molecule has 5 atom stereocenters. The second-order valence-corrected chi connectivity index (χ2v) is 11.8. The van der Waals surface area contributed by atoms with Crippen LogP contribution >= 0.6 is 0 Å².